The zero-order chi connectivity index (χ0) is 24.7. The number of carbonyl (C=O) groups is 1. The van der Waals surface area contributed by atoms with E-state index in [-0.39, 0.29) is 42.8 Å². The Morgan fingerprint density at radius 3 is 2.89 bits per heavy atom. The first kappa shape index (κ1) is 22.4. The van der Waals surface area contributed by atoms with Gasteiger partial charge in [-0.25, -0.2) is 13.4 Å². The molecule has 0 radical (unpaired) electrons. The zero-order valence-corrected chi connectivity index (χ0v) is 19.9. The van der Waals surface area contributed by atoms with Crippen LogP contribution in [0.3, 0.4) is 0 Å². The number of nitrogens with zero attached hydrogens (tertiary/aromatic N) is 2. The molecule has 36 heavy (non-hydrogen) atoms. The molecular formula is C26H21N3O6S. The lowest BCUT2D eigenvalue weighted by Crippen LogP contribution is -2.23. The third-order valence-corrected chi connectivity index (χ3v) is 7.91. The van der Waals surface area contributed by atoms with Crippen molar-refractivity contribution in [3.05, 3.63) is 77.6 Å². The smallest absolute Gasteiger partial charge is 0.251 e. The first-order valence-corrected chi connectivity index (χ1v) is 13.0. The average Bonchev–Trinajstić information content (AvgIpc) is 3.32. The summed E-state index contributed by atoms with van der Waals surface area (Å²) < 4.78 is 41.5. The molecule has 0 spiro atoms. The molecule has 0 saturated carbocycles. The SMILES string of the molecule is O=C(NCc1cc2nc(-c3cccc4c3OCO4)ccc2cn1)c1ccc2c(c1)S(=O)(=O)CCOC2. The third-order valence-electron chi connectivity index (χ3n) is 6.15. The molecule has 0 atom stereocenters. The first-order chi connectivity index (χ1) is 17.5. The maximum atomic E-state index is 12.8. The number of benzene rings is 2. The van der Waals surface area contributed by atoms with Crippen LogP contribution in [0.25, 0.3) is 22.2 Å². The number of para-hydroxylation sites is 1. The van der Waals surface area contributed by atoms with E-state index in [9.17, 15) is 13.2 Å². The predicted octanol–water partition coefficient (Wildman–Crippen LogP) is 3.26. The van der Waals surface area contributed by atoms with E-state index in [4.69, 9.17) is 19.2 Å². The molecule has 0 fully saturated rings. The van der Waals surface area contributed by atoms with Gasteiger partial charge in [-0.2, -0.15) is 0 Å². The average molecular weight is 504 g/mol. The second-order valence-corrected chi connectivity index (χ2v) is 10.6. The first-order valence-electron chi connectivity index (χ1n) is 11.3. The van der Waals surface area contributed by atoms with Gasteiger partial charge >= 0.3 is 0 Å². The van der Waals surface area contributed by atoms with Gasteiger partial charge in [0.15, 0.2) is 21.3 Å². The fourth-order valence-corrected chi connectivity index (χ4v) is 5.66. The Morgan fingerprint density at radius 1 is 1.06 bits per heavy atom. The highest BCUT2D eigenvalue weighted by Crippen LogP contribution is 2.40. The van der Waals surface area contributed by atoms with Crippen LogP contribution in [0, 0.1) is 0 Å². The Morgan fingerprint density at radius 2 is 1.97 bits per heavy atom. The van der Waals surface area contributed by atoms with E-state index in [0.29, 0.717) is 22.8 Å². The molecule has 0 unspecified atom stereocenters. The second-order valence-electron chi connectivity index (χ2n) is 8.48. The summed E-state index contributed by atoms with van der Waals surface area (Å²) in [6.45, 7) is 0.676. The topological polar surface area (TPSA) is 117 Å². The Labute approximate surface area is 207 Å². The summed E-state index contributed by atoms with van der Waals surface area (Å²) >= 11 is 0. The Hall–Kier alpha value is -4.02. The lowest BCUT2D eigenvalue weighted by molar-refractivity contribution is 0.0950. The highest BCUT2D eigenvalue weighted by molar-refractivity contribution is 7.91. The van der Waals surface area contributed by atoms with Crippen molar-refractivity contribution in [2.75, 3.05) is 19.2 Å². The lowest BCUT2D eigenvalue weighted by atomic mass is 10.1. The quantitative estimate of drug-likeness (QED) is 0.451. The fraction of sp³-hybridized carbons (Fsp3) is 0.192. The molecule has 2 aromatic carbocycles. The number of ether oxygens (including phenoxy) is 3. The van der Waals surface area contributed by atoms with Crippen LogP contribution in [-0.4, -0.2) is 43.4 Å². The molecular weight excluding hydrogens is 482 g/mol. The van der Waals surface area contributed by atoms with E-state index >= 15 is 0 Å². The van der Waals surface area contributed by atoms with Gasteiger partial charge in [-0.1, -0.05) is 12.1 Å². The number of rotatable bonds is 4. The molecule has 2 aromatic heterocycles. The number of fused-ring (bicyclic) bond motifs is 3. The van der Waals surface area contributed by atoms with Gasteiger partial charge in [0, 0.05) is 22.7 Å². The number of carbonyl (C=O) groups excluding carboxylic acids is 1. The molecule has 10 heteroatoms. The van der Waals surface area contributed by atoms with Crippen LogP contribution in [0.1, 0.15) is 21.6 Å². The van der Waals surface area contributed by atoms with Crippen molar-refractivity contribution in [3.63, 3.8) is 0 Å². The molecule has 4 heterocycles. The number of hydrogen-bond donors (Lipinski definition) is 1. The molecule has 1 amide bonds. The molecule has 4 aromatic rings. The molecule has 6 rings (SSSR count). The highest BCUT2D eigenvalue weighted by Gasteiger charge is 2.24. The normalized spacial score (nSPS) is 15.8. The Bertz CT molecular complexity index is 1620. The van der Waals surface area contributed by atoms with Gasteiger partial charge in [0.05, 0.1) is 47.3 Å². The van der Waals surface area contributed by atoms with Crippen LogP contribution in [-0.2, 0) is 27.7 Å². The largest absolute Gasteiger partial charge is 0.454 e. The van der Waals surface area contributed by atoms with Crippen LogP contribution in [0.4, 0.5) is 0 Å². The van der Waals surface area contributed by atoms with Gasteiger partial charge in [-0.15, -0.1) is 0 Å². The molecule has 0 bridgehead atoms. The van der Waals surface area contributed by atoms with E-state index in [2.05, 4.69) is 10.3 Å². The summed E-state index contributed by atoms with van der Waals surface area (Å²) in [4.78, 5) is 22.2. The summed E-state index contributed by atoms with van der Waals surface area (Å²) in [7, 11) is -3.50. The third kappa shape index (κ3) is 4.14. The maximum absolute atomic E-state index is 12.8. The zero-order valence-electron chi connectivity index (χ0n) is 19.1. The maximum Gasteiger partial charge on any atom is 0.251 e. The summed E-state index contributed by atoms with van der Waals surface area (Å²) in [6.07, 6.45) is 1.71. The standard InChI is InChI=1S/C26H21N3O6S/c30-26(16-4-5-18-14-33-8-9-36(31,32)24(18)10-16)28-13-19-11-22-17(12-27-19)6-7-21(29-22)20-2-1-3-23-25(20)35-15-34-23/h1-7,10-12H,8-9,13-15H2,(H,28,30). The number of aromatic nitrogens is 2. The van der Waals surface area contributed by atoms with Gasteiger partial charge < -0.3 is 19.5 Å². The van der Waals surface area contributed by atoms with Gasteiger partial charge in [0.25, 0.3) is 5.91 Å². The number of nitrogens with one attached hydrogen (secondary N) is 1. The minimum absolute atomic E-state index is 0.105. The van der Waals surface area contributed by atoms with Crippen molar-refractivity contribution < 1.29 is 27.4 Å². The van der Waals surface area contributed by atoms with Gasteiger partial charge in [0.1, 0.15) is 0 Å². The molecule has 9 nitrogen and oxygen atoms in total. The molecule has 2 aliphatic rings. The highest BCUT2D eigenvalue weighted by atomic mass is 32.2. The van der Waals surface area contributed by atoms with Crippen molar-refractivity contribution in [3.8, 4) is 22.8 Å². The number of sulfone groups is 1. The van der Waals surface area contributed by atoms with E-state index in [1.807, 2.05) is 36.4 Å². The summed E-state index contributed by atoms with van der Waals surface area (Å²) in [5, 5.41) is 3.68. The van der Waals surface area contributed by atoms with E-state index in [1.54, 1.807) is 18.3 Å². The Kier molecular flexibility index (Phi) is 5.54. The fourth-order valence-electron chi connectivity index (χ4n) is 4.27. The number of hydrogen-bond acceptors (Lipinski definition) is 8. The molecule has 0 saturated heterocycles. The minimum Gasteiger partial charge on any atom is -0.454 e. The van der Waals surface area contributed by atoms with Crippen LogP contribution < -0.4 is 14.8 Å². The summed E-state index contributed by atoms with van der Waals surface area (Å²) in [5.41, 5.74) is 3.74. The van der Waals surface area contributed by atoms with Crippen LogP contribution in [0.5, 0.6) is 11.5 Å². The van der Waals surface area contributed by atoms with Crippen molar-refractivity contribution >= 4 is 26.6 Å². The van der Waals surface area contributed by atoms with E-state index < -0.39 is 15.7 Å². The molecule has 2 aliphatic heterocycles. The van der Waals surface area contributed by atoms with Gasteiger partial charge in [-0.3, -0.25) is 9.78 Å². The molecule has 1 N–H and O–H groups in total. The number of pyridine rings is 2. The summed E-state index contributed by atoms with van der Waals surface area (Å²) in [5.74, 6) is 0.857. The summed E-state index contributed by atoms with van der Waals surface area (Å²) in [6, 6.07) is 16.0. The minimum atomic E-state index is -3.50. The van der Waals surface area contributed by atoms with Crippen molar-refractivity contribution in [2.24, 2.45) is 0 Å². The monoisotopic (exact) mass is 503 g/mol. The van der Waals surface area contributed by atoms with Gasteiger partial charge in [0.2, 0.25) is 6.79 Å². The predicted molar refractivity (Wildman–Crippen MR) is 130 cm³/mol. The van der Waals surface area contributed by atoms with E-state index in [0.717, 1.165) is 22.2 Å². The van der Waals surface area contributed by atoms with Gasteiger partial charge in [-0.05, 0) is 48.0 Å². The molecule has 182 valence electrons. The van der Waals surface area contributed by atoms with Crippen molar-refractivity contribution in [1.29, 1.82) is 0 Å². The van der Waals surface area contributed by atoms with Crippen molar-refractivity contribution in [1.82, 2.24) is 15.3 Å². The number of amides is 1. The van der Waals surface area contributed by atoms with Crippen molar-refractivity contribution in [2.45, 2.75) is 18.0 Å². The van der Waals surface area contributed by atoms with Crippen LogP contribution >= 0.6 is 0 Å². The van der Waals surface area contributed by atoms with Crippen LogP contribution in [0.2, 0.25) is 0 Å². The Balaban J connectivity index is 1.23. The lowest BCUT2D eigenvalue weighted by Gasteiger charge is -2.10. The van der Waals surface area contributed by atoms with Crippen LogP contribution in [0.15, 0.2) is 65.7 Å². The van der Waals surface area contributed by atoms with E-state index in [1.165, 1.54) is 6.07 Å². The molecule has 0 aliphatic carbocycles. The second kappa shape index (κ2) is 8.89.